The van der Waals surface area contributed by atoms with Gasteiger partial charge in [0.15, 0.2) is 5.82 Å². The van der Waals surface area contributed by atoms with E-state index >= 15 is 0 Å². The molecule has 0 saturated carbocycles. The molecule has 3 N–H and O–H groups in total. The van der Waals surface area contributed by atoms with Crippen molar-refractivity contribution < 1.29 is 31.5 Å². The molecule has 45 heavy (non-hydrogen) atoms. The molecule has 4 heterocycles. The maximum atomic E-state index is 13.8. The van der Waals surface area contributed by atoms with Crippen LogP contribution in [-0.2, 0) is 32.5 Å². The second-order valence-corrected chi connectivity index (χ2v) is 13.5. The molecule has 2 amide bonds. The summed E-state index contributed by atoms with van der Waals surface area (Å²) < 4.78 is 60.7. The molecule has 240 valence electrons. The van der Waals surface area contributed by atoms with E-state index in [0.29, 0.717) is 49.1 Å². The number of aromatic nitrogens is 2. The Morgan fingerprint density at radius 1 is 0.978 bits per heavy atom. The van der Waals surface area contributed by atoms with Crippen LogP contribution in [0, 0.1) is 17.6 Å². The minimum absolute atomic E-state index is 0.0547. The van der Waals surface area contributed by atoms with Crippen molar-refractivity contribution in [3.63, 3.8) is 0 Å². The van der Waals surface area contributed by atoms with Gasteiger partial charge in [0.2, 0.25) is 15.9 Å². The summed E-state index contributed by atoms with van der Waals surface area (Å²) in [5.41, 5.74) is 2.55. The Bertz CT molecular complexity index is 1680. The van der Waals surface area contributed by atoms with Crippen molar-refractivity contribution in [2.75, 3.05) is 68.5 Å². The van der Waals surface area contributed by atoms with Gasteiger partial charge in [-0.15, -0.1) is 0 Å². The van der Waals surface area contributed by atoms with Crippen LogP contribution < -0.4 is 15.5 Å². The summed E-state index contributed by atoms with van der Waals surface area (Å²) >= 11 is 0. The molecule has 0 aliphatic carbocycles. The van der Waals surface area contributed by atoms with Crippen molar-refractivity contribution in [2.24, 2.45) is 5.92 Å². The number of nitrogens with zero attached hydrogens (tertiary/aromatic N) is 4. The van der Waals surface area contributed by atoms with Gasteiger partial charge in [0.1, 0.15) is 11.6 Å². The first-order chi connectivity index (χ1) is 21.6. The molecule has 12 nitrogen and oxygen atoms in total. The lowest BCUT2D eigenvalue weighted by Crippen LogP contribution is -2.44. The number of amides is 2. The number of fused-ring (bicyclic) bond motifs is 1. The zero-order valence-electron chi connectivity index (χ0n) is 24.8. The van der Waals surface area contributed by atoms with E-state index in [1.807, 2.05) is 12.1 Å². The van der Waals surface area contributed by atoms with Crippen molar-refractivity contribution in [2.45, 2.75) is 30.7 Å². The average molecular weight is 644 g/mol. The van der Waals surface area contributed by atoms with E-state index in [4.69, 9.17) is 4.74 Å². The maximum absolute atomic E-state index is 13.8. The number of ether oxygens (including phenoxy) is 1. The topological polar surface area (TPSA) is 140 Å². The number of halogens is 2. The first-order valence-corrected chi connectivity index (χ1v) is 16.3. The van der Waals surface area contributed by atoms with Gasteiger partial charge in [-0.3, -0.25) is 14.7 Å². The van der Waals surface area contributed by atoms with Gasteiger partial charge in [-0.25, -0.2) is 17.2 Å². The fourth-order valence-corrected chi connectivity index (χ4v) is 7.32. The number of sulfonamides is 1. The van der Waals surface area contributed by atoms with Gasteiger partial charge >= 0.3 is 0 Å². The number of anilines is 3. The molecule has 0 radical (unpaired) electrons. The molecule has 0 atom stereocenters. The summed E-state index contributed by atoms with van der Waals surface area (Å²) in [7, 11) is -2.18. The maximum Gasteiger partial charge on any atom is 0.258 e. The van der Waals surface area contributed by atoms with Crippen LogP contribution in [0.3, 0.4) is 0 Å². The molecule has 2 fully saturated rings. The van der Waals surface area contributed by atoms with E-state index in [2.05, 4.69) is 37.7 Å². The molecule has 2 aromatic carbocycles. The third kappa shape index (κ3) is 6.71. The molecular weight excluding hydrogens is 608 g/mol. The third-order valence-electron chi connectivity index (χ3n) is 8.57. The fourth-order valence-electron chi connectivity index (χ4n) is 5.87. The molecule has 15 heteroatoms. The number of benzene rings is 2. The van der Waals surface area contributed by atoms with Crippen molar-refractivity contribution in [1.29, 1.82) is 0 Å². The number of aromatic amines is 1. The third-order valence-corrected chi connectivity index (χ3v) is 10.4. The van der Waals surface area contributed by atoms with Crippen LogP contribution in [0.2, 0.25) is 0 Å². The van der Waals surface area contributed by atoms with Crippen LogP contribution in [0.25, 0.3) is 0 Å². The second-order valence-electron chi connectivity index (χ2n) is 11.6. The van der Waals surface area contributed by atoms with Crippen LogP contribution >= 0.6 is 0 Å². The molecule has 0 spiro atoms. The van der Waals surface area contributed by atoms with Crippen molar-refractivity contribution in [3.05, 3.63) is 64.9 Å². The zero-order chi connectivity index (χ0) is 31.7. The molecule has 0 unspecified atom stereocenters. The molecule has 2 saturated heterocycles. The standard InChI is InChI=1S/C30H35F2N7O5S/c1-37-8-10-38(11-9-37)22-2-3-24(27(17-22)33-29(40)19-5-12-44-13-6-19)30(41)34-28-25-18-39(7-4-26(25)35-36-28)45(42,43)23-15-20(31)14-21(32)16-23/h2-3,14-17,19H,4-13,18H2,1H3,(H,33,40)(H2,34,35,36,41). The van der Waals surface area contributed by atoms with E-state index in [0.717, 1.165) is 48.3 Å². The number of nitrogens with one attached hydrogen (secondary N) is 3. The Kier molecular flexibility index (Phi) is 8.86. The van der Waals surface area contributed by atoms with Crippen molar-refractivity contribution in [3.8, 4) is 0 Å². The van der Waals surface area contributed by atoms with Gasteiger partial charge in [0.25, 0.3) is 5.91 Å². The van der Waals surface area contributed by atoms with Gasteiger partial charge < -0.3 is 25.2 Å². The highest BCUT2D eigenvalue weighted by Gasteiger charge is 2.33. The average Bonchev–Trinajstić information content (AvgIpc) is 3.43. The number of carbonyl (C=O) groups excluding carboxylic acids is 2. The first kappa shape index (κ1) is 31.1. The summed E-state index contributed by atoms with van der Waals surface area (Å²) in [5.74, 6) is -2.83. The number of rotatable bonds is 7. The minimum atomic E-state index is -4.24. The first-order valence-electron chi connectivity index (χ1n) is 14.9. The second kappa shape index (κ2) is 12.8. The summed E-state index contributed by atoms with van der Waals surface area (Å²) in [6.07, 6.45) is 1.43. The number of hydrogen-bond acceptors (Lipinski definition) is 8. The van der Waals surface area contributed by atoms with Crippen molar-refractivity contribution in [1.82, 2.24) is 19.4 Å². The Balaban J connectivity index is 1.24. The monoisotopic (exact) mass is 643 g/mol. The predicted octanol–water partition coefficient (Wildman–Crippen LogP) is 2.80. The summed E-state index contributed by atoms with van der Waals surface area (Å²) in [6.45, 7) is 4.26. The molecule has 3 aromatic rings. The van der Waals surface area contributed by atoms with E-state index in [-0.39, 0.29) is 42.7 Å². The van der Waals surface area contributed by atoms with Crippen LogP contribution in [-0.4, -0.2) is 92.6 Å². The van der Waals surface area contributed by atoms with Crippen LogP contribution in [0.5, 0.6) is 0 Å². The fraction of sp³-hybridized carbons (Fsp3) is 0.433. The number of likely N-dealkylation sites (N-methyl/N-ethyl adjacent to an activating group) is 1. The van der Waals surface area contributed by atoms with Crippen molar-refractivity contribution >= 4 is 39.0 Å². The SMILES string of the molecule is CN1CCN(c2ccc(C(=O)Nc3n[nH]c4c3CN(S(=O)(=O)c3cc(F)cc(F)c3)CC4)c(NC(=O)C3CCOCC3)c2)CC1. The van der Waals surface area contributed by atoms with Crippen LogP contribution in [0.15, 0.2) is 41.3 Å². The Labute approximate surface area is 259 Å². The highest BCUT2D eigenvalue weighted by molar-refractivity contribution is 7.89. The lowest BCUT2D eigenvalue weighted by atomic mass is 9.99. The quantitative estimate of drug-likeness (QED) is 0.357. The zero-order valence-corrected chi connectivity index (χ0v) is 25.6. The molecule has 3 aliphatic heterocycles. The Morgan fingerprint density at radius 2 is 1.69 bits per heavy atom. The predicted molar refractivity (Wildman–Crippen MR) is 163 cm³/mol. The largest absolute Gasteiger partial charge is 0.381 e. The molecule has 6 rings (SSSR count). The van der Waals surface area contributed by atoms with Gasteiger partial charge in [-0.05, 0) is 50.2 Å². The summed E-state index contributed by atoms with van der Waals surface area (Å²) in [5, 5.41) is 12.8. The summed E-state index contributed by atoms with van der Waals surface area (Å²) in [6, 6.07) is 7.47. The molecular formula is C30H35F2N7O5S. The van der Waals surface area contributed by atoms with E-state index in [9.17, 15) is 26.8 Å². The number of carbonyl (C=O) groups is 2. The highest BCUT2D eigenvalue weighted by Crippen LogP contribution is 2.31. The Hall–Kier alpha value is -3.92. The highest BCUT2D eigenvalue weighted by atomic mass is 32.2. The lowest BCUT2D eigenvalue weighted by Gasteiger charge is -2.34. The van der Waals surface area contributed by atoms with Crippen LogP contribution in [0.4, 0.5) is 26.0 Å². The molecule has 3 aliphatic rings. The molecule has 1 aromatic heterocycles. The van der Waals surface area contributed by atoms with Gasteiger partial charge in [-0.2, -0.15) is 9.40 Å². The minimum Gasteiger partial charge on any atom is -0.381 e. The Morgan fingerprint density at radius 3 is 2.40 bits per heavy atom. The number of piperazine rings is 1. The number of hydrogen-bond donors (Lipinski definition) is 3. The lowest BCUT2D eigenvalue weighted by molar-refractivity contribution is -0.122. The summed E-state index contributed by atoms with van der Waals surface area (Å²) in [4.78, 5) is 30.9. The van der Waals surface area contributed by atoms with Gasteiger partial charge in [0, 0.05) is 87.8 Å². The molecule has 0 bridgehead atoms. The normalized spacial score (nSPS) is 18.4. The van der Waals surface area contributed by atoms with Crippen LogP contribution in [0.1, 0.15) is 34.5 Å². The van der Waals surface area contributed by atoms with E-state index in [1.54, 1.807) is 6.07 Å². The van der Waals surface area contributed by atoms with E-state index in [1.165, 1.54) is 0 Å². The van der Waals surface area contributed by atoms with Gasteiger partial charge in [0.05, 0.1) is 16.1 Å². The van der Waals surface area contributed by atoms with Gasteiger partial charge in [-0.1, -0.05) is 0 Å². The smallest absolute Gasteiger partial charge is 0.258 e. The van der Waals surface area contributed by atoms with E-state index < -0.39 is 32.5 Å². The number of H-pyrrole nitrogens is 1.